The average Bonchev–Trinajstić information content (AvgIpc) is 2.37. The maximum Gasteiger partial charge on any atom is 0.137 e. The first-order valence-electron chi connectivity index (χ1n) is 6.85. The van der Waals surface area contributed by atoms with E-state index in [0.717, 1.165) is 27.2 Å². The highest BCUT2D eigenvalue weighted by atomic mass is 79.9. The van der Waals surface area contributed by atoms with Crippen LogP contribution in [0.5, 0.6) is 5.75 Å². The second-order valence-electron chi connectivity index (χ2n) is 5.42. The van der Waals surface area contributed by atoms with Crippen LogP contribution in [0.15, 0.2) is 21.1 Å². The molecule has 1 saturated carbocycles. The van der Waals surface area contributed by atoms with E-state index in [1.54, 1.807) is 7.11 Å². The molecule has 0 atom stereocenters. The van der Waals surface area contributed by atoms with Gasteiger partial charge in [-0.2, -0.15) is 0 Å². The Bertz CT molecular complexity index is 428. The molecule has 4 heteroatoms. The molecule has 0 bridgehead atoms. The van der Waals surface area contributed by atoms with Crippen LogP contribution in [0.1, 0.15) is 38.2 Å². The summed E-state index contributed by atoms with van der Waals surface area (Å²) in [5.74, 6) is 1.83. The van der Waals surface area contributed by atoms with E-state index in [1.165, 1.54) is 31.2 Å². The average molecular weight is 391 g/mol. The van der Waals surface area contributed by atoms with Crippen LogP contribution >= 0.6 is 31.9 Å². The third-order valence-electron chi connectivity index (χ3n) is 3.89. The molecule has 1 aliphatic rings. The highest BCUT2D eigenvalue weighted by molar-refractivity contribution is 9.11. The van der Waals surface area contributed by atoms with Gasteiger partial charge < -0.3 is 10.1 Å². The zero-order valence-electron chi connectivity index (χ0n) is 11.5. The van der Waals surface area contributed by atoms with Crippen LogP contribution in [-0.2, 0) is 6.54 Å². The van der Waals surface area contributed by atoms with Crippen molar-refractivity contribution in [3.8, 4) is 5.75 Å². The minimum atomic E-state index is 0.652. The fraction of sp³-hybridized carbons (Fsp3) is 0.600. The number of methoxy groups -OCH3 is 1. The maximum atomic E-state index is 5.48. The van der Waals surface area contributed by atoms with Gasteiger partial charge in [0.2, 0.25) is 0 Å². The van der Waals surface area contributed by atoms with E-state index < -0.39 is 0 Å². The van der Waals surface area contributed by atoms with Crippen molar-refractivity contribution in [3.05, 3.63) is 26.6 Å². The summed E-state index contributed by atoms with van der Waals surface area (Å²) in [7, 11) is 1.72. The van der Waals surface area contributed by atoms with Crippen LogP contribution < -0.4 is 10.1 Å². The lowest BCUT2D eigenvalue weighted by Gasteiger charge is -2.27. The molecule has 0 heterocycles. The Kier molecular flexibility index (Phi) is 5.72. The van der Waals surface area contributed by atoms with E-state index >= 15 is 0 Å². The van der Waals surface area contributed by atoms with E-state index in [9.17, 15) is 0 Å². The first kappa shape index (κ1) is 15.3. The molecule has 19 heavy (non-hydrogen) atoms. The smallest absolute Gasteiger partial charge is 0.137 e. The summed E-state index contributed by atoms with van der Waals surface area (Å²) in [5, 5.41) is 3.67. The van der Waals surface area contributed by atoms with Gasteiger partial charge in [0.05, 0.1) is 11.6 Å². The number of halogens is 2. The lowest BCUT2D eigenvalue weighted by molar-refractivity contribution is 0.305. The predicted molar refractivity (Wildman–Crippen MR) is 86.7 cm³/mol. The lowest BCUT2D eigenvalue weighted by Crippen LogP contribution is -2.32. The molecular weight excluding hydrogens is 370 g/mol. The Hall–Kier alpha value is -0.0600. The number of hydrogen-bond acceptors (Lipinski definition) is 2. The second-order valence-corrected chi connectivity index (χ2v) is 7.19. The van der Waals surface area contributed by atoms with Gasteiger partial charge in [0.25, 0.3) is 0 Å². The first-order chi connectivity index (χ1) is 9.10. The lowest BCUT2D eigenvalue weighted by atomic mass is 9.87. The highest BCUT2D eigenvalue weighted by Crippen LogP contribution is 2.33. The van der Waals surface area contributed by atoms with Crippen molar-refractivity contribution < 1.29 is 4.74 Å². The largest absolute Gasteiger partial charge is 0.495 e. The summed E-state index contributed by atoms with van der Waals surface area (Å²) in [5.41, 5.74) is 1.20. The first-order valence-corrected chi connectivity index (χ1v) is 8.44. The maximum absolute atomic E-state index is 5.48. The standard InChI is InChI=1S/C15H21Br2NO/c1-10-3-5-13(6-4-10)18-9-11-7-12(16)8-14(17)15(11)19-2/h7-8,10,13,18H,3-6,9H2,1-2H3. The Morgan fingerprint density at radius 3 is 2.53 bits per heavy atom. The van der Waals surface area contributed by atoms with Crippen LogP contribution in [0.25, 0.3) is 0 Å². The molecule has 2 nitrogen and oxygen atoms in total. The zero-order valence-corrected chi connectivity index (χ0v) is 14.7. The van der Waals surface area contributed by atoms with Crippen molar-refractivity contribution in [3.63, 3.8) is 0 Å². The van der Waals surface area contributed by atoms with Gasteiger partial charge >= 0.3 is 0 Å². The third-order valence-corrected chi connectivity index (χ3v) is 4.93. The summed E-state index contributed by atoms with van der Waals surface area (Å²) >= 11 is 7.09. The van der Waals surface area contributed by atoms with E-state index in [2.05, 4.69) is 50.2 Å². The summed E-state index contributed by atoms with van der Waals surface area (Å²) in [4.78, 5) is 0. The van der Waals surface area contributed by atoms with E-state index in [0.29, 0.717) is 6.04 Å². The van der Waals surface area contributed by atoms with Crippen molar-refractivity contribution in [2.24, 2.45) is 5.92 Å². The van der Waals surface area contributed by atoms with Crippen molar-refractivity contribution in [2.75, 3.05) is 7.11 Å². The quantitative estimate of drug-likeness (QED) is 0.790. The fourth-order valence-corrected chi connectivity index (χ4v) is 4.17. The van der Waals surface area contributed by atoms with Crippen molar-refractivity contribution in [1.82, 2.24) is 5.32 Å². The van der Waals surface area contributed by atoms with Gasteiger partial charge in [-0.15, -0.1) is 0 Å². The molecule has 2 rings (SSSR count). The molecule has 106 valence electrons. The molecule has 0 saturated heterocycles. The number of ether oxygens (including phenoxy) is 1. The molecule has 0 radical (unpaired) electrons. The van der Waals surface area contributed by atoms with Crippen molar-refractivity contribution >= 4 is 31.9 Å². The predicted octanol–water partition coefficient (Wildman–Crippen LogP) is 4.89. The van der Waals surface area contributed by atoms with Crippen LogP contribution in [0.3, 0.4) is 0 Å². The SMILES string of the molecule is COc1c(Br)cc(Br)cc1CNC1CCC(C)CC1. The molecule has 1 aliphatic carbocycles. The number of rotatable bonds is 4. The minimum Gasteiger partial charge on any atom is -0.495 e. The number of benzene rings is 1. The van der Waals surface area contributed by atoms with Crippen LogP contribution in [0.2, 0.25) is 0 Å². The molecule has 0 spiro atoms. The Morgan fingerprint density at radius 1 is 1.21 bits per heavy atom. The van der Waals surface area contributed by atoms with Gasteiger partial charge in [0.15, 0.2) is 0 Å². The molecule has 1 aromatic carbocycles. The number of hydrogen-bond donors (Lipinski definition) is 1. The van der Waals surface area contributed by atoms with Gasteiger partial charge in [0, 0.05) is 22.6 Å². The molecule has 1 fully saturated rings. The van der Waals surface area contributed by atoms with E-state index in [4.69, 9.17) is 4.74 Å². The van der Waals surface area contributed by atoms with Crippen LogP contribution in [0, 0.1) is 5.92 Å². The highest BCUT2D eigenvalue weighted by Gasteiger charge is 2.18. The summed E-state index contributed by atoms with van der Waals surface area (Å²) < 4.78 is 7.56. The van der Waals surface area contributed by atoms with Crippen LogP contribution in [-0.4, -0.2) is 13.2 Å². The normalized spacial score (nSPS) is 23.4. The molecule has 1 N–H and O–H groups in total. The van der Waals surface area contributed by atoms with Gasteiger partial charge in [-0.25, -0.2) is 0 Å². The molecule has 0 aromatic heterocycles. The molecule has 1 aromatic rings. The van der Waals surface area contributed by atoms with Gasteiger partial charge in [-0.1, -0.05) is 22.9 Å². The van der Waals surface area contributed by atoms with Crippen molar-refractivity contribution in [1.29, 1.82) is 0 Å². The topological polar surface area (TPSA) is 21.3 Å². The fourth-order valence-electron chi connectivity index (χ4n) is 2.69. The Labute approximate surface area is 132 Å². The summed E-state index contributed by atoms with van der Waals surface area (Å²) in [6.45, 7) is 3.21. The molecular formula is C15H21Br2NO. The Balaban J connectivity index is 1.99. The third kappa shape index (κ3) is 4.20. The summed E-state index contributed by atoms with van der Waals surface area (Å²) in [6, 6.07) is 4.80. The van der Waals surface area contributed by atoms with Gasteiger partial charge in [0.1, 0.15) is 5.75 Å². The Morgan fingerprint density at radius 2 is 1.89 bits per heavy atom. The van der Waals surface area contributed by atoms with Gasteiger partial charge in [-0.3, -0.25) is 0 Å². The minimum absolute atomic E-state index is 0.652. The van der Waals surface area contributed by atoms with Gasteiger partial charge in [-0.05, 0) is 59.7 Å². The molecule has 0 amide bonds. The van der Waals surface area contributed by atoms with E-state index in [-0.39, 0.29) is 0 Å². The van der Waals surface area contributed by atoms with E-state index in [1.807, 2.05) is 6.07 Å². The van der Waals surface area contributed by atoms with Crippen LogP contribution in [0.4, 0.5) is 0 Å². The zero-order chi connectivity index (χ0) is 13.8. The second kappa shape index (κ2) is 7.09. The molecule has 0 unspecified atom stereocenters. The molecule has 0 aliphatic heterocycles. The summed E-state index contributed by atoms with van der Waals surface area (Å²) in [6.07, 6.45) is 5.27. The monoisotopic (exact) mass is 389 g/mol. The number of nitrogens with one attached hydrogen (secondary N) is 1. The van der Waals surface area contributed by atoms with Crippen molar-refractivity contribution in [2.45, 2.75) is 45.2 Å².